The van der Waals surface area contributed by atoms with Gasteiger partial charge in [-0.15, -0.1) is 0 Å². The smallest absolute Gasteiger partial charge is 0.407 e. The topological polar surface area (TPSA) is 64.3 Å². The van der Waals surface area contributed by atoms with E-state index in [2.05, 4.69) is 12.2 Å². The van der Waals surface area contributed by atoms with Crippen molar-refractivity contribution in [1.29, 1.82) is 0 Å². The number of carbonyl (C=O) groups excluding carboxylic acids is 1. The van der Waals surface area contributed by atoms with E-state index in [4.69, 9.17) is 10.5 Å². The number of amides is 1. The highest BCUT2D eigenvalue weighted by atomic mass is 16.6. The predicted octanol–water partition coefficient (Wildman–Crippen LogP) is 2.66. The molecule has 3 N–H and O–H groups in total. The Morgan fingerprint density at radius 2 is 2.11 bits per heavy atom. The molecule has 0 heterocycles. The van der Waals surface area contributed by atoms with Crippen LogP contribution in [0, 0.1) is 11.8 Å². The van der Waals surface area contributed by atoms with Crippen molar-refractivity contribution in [2.75, 3.05) is 6.54 Å². The quantitative estimate of drug-likeness (QED) is 0.816. The third-order valence-corrected chi connectivity index (χ3v) is 3.61. The average molecular weight is 256 g/mol. The number of hydrogen-bond acceptors (Lipinski definition) is 3. The monoisotopic (exact) mass is 256 g/mol. The second kappa shape index (κ2) is 6.41. The van der Waals surface area contributed by atoms with Crippen LogP contribution < -0.4 is 11.1 Å². The minimum Gasteiger partial charge on any atom is -0.444 e. The minimum atomic E-state index is -0.428. The van der Waals surface area contributed by atoms with Crippen molar-refractivity contribution in [3.63, 3.8) is 0 Å². The zero-order valence-electron chi connectivity index (χ0n) is 12.2. The van der Waals surface area contributed by atoms with Crippen molar-refractivity contribution in [1.82, 2.24) is 5.32 Å². The SMILES string of the molecule is CC(CN)C1CCCC(NC(=O)OC(C)(C)C)C1. The molecule has 106 valence electrons. The lowest BCUT2D eigenvalue weighted by Gasteiger charge is -2.33. The third-order valence-electron chi connectivity index (χ3n) is 3.61. The van der Waals surface area contributed by atoms with Gasteiger partial charge in [0, 0.05) is 6.04 Å². The molecule has 1 fully saturated rings. The van der Waals surface area contributed by atoms with Crippen molar-refractivity contribution in [2.45, 2.75) is 65.0 Å². The van der Waals surface area contributed by atoms with E-state index in [-0.39, 0.29) is 12.1 Å². The van der Waals surface area contributed by atoms with Gasteiger partial charge in [-0.05, 0) is 58.4 Å². The number of nitrogens with one attached hydrogen (secondary N) is 1. The van der Waals surface area contributed by atoms with Crippen molar-refractivity contribution in [3.05, 3.63) is 0 Å². The molecule has 0 aliphatic heterocycles. The van der Waals surface area contributed by atoms with Gasteiger partial charge in [0.25, 0.3) is 0 Å². The first kappa shape index (κ1) is 15.3. The largest absolute Gasteiger partial charge is 0.444 e. The standard InChI is InChI=1S/C14H28N2O2/c1-10(9-15)11-6-5-7-12(8-11)16-13(17)18-14(2,3)4/h10-12H,5-9,15H2,1-4H3,(H,16,17). The molecule has 3 unspecified atom stereocenters. The molecular formula is C14H28N2O2. The van der Waals surface area contributed by atoms with Gasteiger partial charge in [-0.3, -0.25) is 0 Å². The molecule has 0 aromatic carbocycles. The first-order valence-corrected chi connectivity index (χ1v) is 7.01. The third kappa shape index (κ3) is 5.25. The molecule has 0 bridgehead atoms. The predicted molar refractivity (Wildman–Crippen MR) is 73.3 cm³/mol. The molecule has 1 saturated carbocycles. The molecule has 3 atom stereocenters. The molecule has 4 nitrogen and oxygen atoms in total. The number of hydrogen-bond donors (Lipinski definition) is 2. The molecule has 4 heteroatoms. The molecule has 0 spiro atoms. The van der Waals surface area contributed by atoms with Crippen molar-refractivity contribution < 1.29 is 9.53 Å². The fourth-order valence-corrected chi connectivity index (χ4v) is 2.54. The van der Waals surface area contributed by atoms with Gasteiger partial charge in [-0.1, -0.05) is 13.3 Å². The summed E-state index contributed by atoms with van der Waals surface area (Å²) in [5.41, 5.74) is 5.29. The van der Waals surface area contributed by atoms with Crippen LogP contribution in [-0.2, 0) is 4.74 Å². The number of ether oxygens (including phenoxy) is 1. The van der Waals surface area contributed by atoms with Crippen LogP contribution in [0.5, 0.6) is 0 Å². The first-order chi connectivity index (χ1) is 8.31. The molecule has 1 rings (SSSR count). The van der Waals surface area contributed by atoms with E-state index in [0.29, 0.717) is 11.8 Å². The van der Waals surface area contributed by atoms with E-state index >= 15 is 0 Å². The van der Waals surface area contributed by atoms with E-state index in [9.17, 15) is 4.79 Å². The minimum absolute atomic E-state index is 0.243. The molecular weight excluding hydrogens is 228 g/mol. The van der Waals surface area contributed by atoms with Crippen LogP contribution in [0.25, 0.3) is 0 Å². The van der Waals surface area contributed by atoms with Crippen molar-refractivity contribution in [3.8, 4) is 0 Å². The maximum atomic E-state index is 11.7. The lowest BCUT2D eigenvalue weighted by molar-refractivity contribution is 0.0478. The summed E-state index contributed by atoms with van der Waals surface area (Å²) >= 11 is 0. The van der Waals surface area contributed by atoms with E-state index in [1.54, 1.807) is 0 Å². The van der Waals surface area contributed by atoms with E-state index in [1.165, 1.54) is 6.42 Å². The summed E-state index contributed by atoms with van der Waals surface area (Å²) in [7, 11) is 0. The highest BCUT2D eigenvalue weighted by Gasteiger charge is 2.27. The van der Waals surface area contributed by atoms with Crippen LogP contribution in [0.15, 0.2) is 0 Å². The summed E-state index contributed by atoms with van der Waals surface area (Å²) in [5, 5.41) is 2.98. The van der Waals surface area contributed by atoms with Gasteiger partial charge in [0.2, 0.25) is 0 Å². The van der Waals surface area contributed by atoms with Crippen molar-refractivity contribution in [2.24, 2.45) is 17.6 Å². The van der Waals surface area contributed by atoms with E-state index in [1.807, 2.05) is 20.8 Å². The molecule has 0 saturated heterocycles. The summed E-state index contributed by atoms with van der Waals surface area (Å²) in [5.74, 6) is 1.16. The molecule has 1 aliphatic carbocycles. The molecule has 0 aromatic rings. The Morgan fingerprint density at radius 1 is 1.44 bits per heavy atom. The van der Waals surface area contributed by atoms with E-state index in [0.717, 1.165) is 25.8 Å². The zero-order chi connectivity index (χ0) is 13.8. The summed E-state index contributed by atoms with van der Waals surface area (Å²) in [6.45, 7) is 8.57. The lowest BCUT2D eigenvalue weighted by Crippen LogP contribution is -2.42. The number of carbonyl (C=O) groups is 1. The van der Waals surface area contributed by atoms with Crippen molar-refractivity contribution >= 4 is 6.09 Å². The van der Waals surface area contributed by atoms with Crippen LogP contribution in [-0.4, -0.2) is 24.3 Å². The Bertz CT molecular complexity index is 273. The van der Waals surface area contributed by atoms with Gasteiger partial charge in [-0.2, -0.15) is 0 Å². The van der Waals surface area contributed by atoms with Crippen LogP contribution in [0.2, 0.25) is 0 Å². The Hall–Kier alpha value is -0.770. The molecule has 18 heavy (non-hydrogen) atoms. The highest BCUT2D eigenvalue weighted by Crippen LogP contribution is 2.29. The zero-order valence-corrected chi connectivity index (χ0v) is 12.2. The van der Waals surface area contributed by atoms with Gasteiger partial charge < -0.3 is 15.8 Å². The summed E-state index contributed by atoms with van der Waals surface area (Å²) in [6.07, 6.45) is 4.17. The first-order valence-electron chi connectivity index (χ1n) is 7.01. The summed E-state index contributed by atoms with van der Waals surface area (Å²) in [6, 6.07) is 0.243. The Labute approximate surface area is 111 Å². The van der Waals surface area contributed by atoms with E-state index < -0.39 is 5.60 Å². The van der Waals surface area contributed by atoms with Gasteiger partial charge in [-0.25, -0.2) is 4.79 Å². The fraction of sp³-hybridized carbons (Fsp3) is 0.929. The number of nitrogens with two attached hydrogens (primary N) is 1. The maximum Gasteiger partial charge on any atom is 0.407 e. The fourth-order valence-electron chi connectivity index (χ4n) is 2.54. The van der Waals surface area contributed by atoms with Crippen LogP contribution in [0.1, 0.15) is 53.4 Å². The van der Waals surface area contributed by atoms with Gasteiger partial charge >= 0.3 is 6.09 Å². The van der Waals surface area contributed by atoms with Crippen LogP contribution in [0.4, 0.5) is 4.79 Å². The van der Waals surface area contributed by atoms with Crippen LogP contribution in [0.3, 0.4) is 0 Å². The van der Waals surface area contributed by atoms with Gasteiger partial charge in [0.1, 0.15) is 5.60 Å². The Balaban J connectivity index is 2.40. The Morgan fingerprint density at radius 3 is 2.67 bits per heavy atom. The number of rotatable bonds is 3. The normalized spacial score (nSPS) is 26.5. The second-order valence-corrected chi connectivity index (χ2v) is 6.48. The van der Waals surface area contributed by atoms with Gasteiger partial charge in [0.05, 0.1) is 0 Å². The molecule has 0 aromatic heterocycles. The molecule has 1 amide bonds. The summed E-state index contributed by atoms with van der Waals surface area (Å²) in [4.78, 5) is 11.7. The maximum absolute atomic E-state index is 11.7. The van der Waals surface area contributed by atoms with Gasteiger partial charge in [0.15, 0.2) is 0 Å². The second-order valence-electron chi connectivity index (χ2n) is 6.48. The Kier molecular flexibility index (Phi) is 5.45. The molecule has 0 radical (unpaired) electrons. The molecule has 1 aliphatic rings. The number of alkyl carbamates (subject to hydrolysis) is 1. The lowest BCUT2D eigenvalue weighted by atomic mass is 9.78. The van der Waals surface area contributed by atoms with Crippen LogP contribution >= 0.6 is 0 Å². The summed E-state index contributed by atoms with van der Waals surface area (Å²) < 4.78 is 5.29. The highest BCUT2D eigenvalue weighted by molar-refractivity contribution is 5.68. The average Bonchev–Trinajstić information content (AvgIpc) is 2.25.